The summed E-state index contributed by atoms with van der Waals surface area (Å²) < 4.78 is 24.0. The molecule has 0 bridgehead atoms. The van der Waals surface area contributed by atoms with Crippen LogP contribution >= 0.6 is 11.3 Å². The Bertz CT molecular complexity index is 1060. The van der Waals surface area contributed by atoms with Gasteiger partial charge in [0, 0.05) is 33.2 Å². The van der Waals surface area contributed by atoms with Crippen LogP contribution in [0.3, 0.4) is 0 Å². The summed E-state index contributed by atoms with van der Waals surface area (Å²) in [7, 11) is 0.428. The van der Waals surface area contributed by atoms with Crippen molar-refractivity contribution in [2.45, 2.75) is 50.9 Å². The molecule has 32 heavy (non-hydrogen) atoms. The van der Waals surface area contributed by atoms with Crippen LogP contribution < -0.4 is 14.8 Å². The van der Waals surface area contributed by atoms with Gasteiger partial charge in [-0.3, -0.25) is 18.7 Å². The minimum atomic E-state index is -1.13. The summed E-state index contributed by atoms with van der Waals surface area (Å²) >= 11 is 1.36. The Balaban J connectivity index is 1.73. The first kappa shape index (κ1) is 22.8. The highest BCUT2D eigenvalue weighted by molar-refractivity contribution is 7.86. The van der Waals surface area contributed by atoms with Crippen LogP contribution in [-0.4, -0.2) is 51.7 Å². The van der Waals surface area contributed by atoms with E-state index in [4.69, 9.17) is 9.47 Å². The van der Waals surface area contributed by atoms with Crippen LogP contribution in [0.25, 0.3) is 0 Å². The lowest BCUT2D eigenvalue weighted by Crippen LogP contribution is -2.37. The normalized spacial score (nSPS) is 17.5. The standard InChI is InChI=1S/C23H28N2O5S2/c1-5-30-19-10-14(6-9-18(19)29-4)17(12-32(28)15-7-8-15)25-22(26)16-11-31-21(24-13(2)3)20(16)23(25)27/h6,9-11,13,15,17,24H,5,7-8,12H2,1-4H3. The van der Waals surface area contributed by atoms with Crippen molar-refractivity contribution >= 4 is 39.0 Å². The first-order chi connectivity index (χ1) is 15.3. The number of methoxy groups -OCH3 is 1. The number of thiophene rings is 1. The van der Waals surface area contributed by atoms with Crippen molar-refractivity contribution in [1.29, 1.82) is 0 Å². The zero-order chi connectivity index (χ0) is 23.0. The Morgan fingerprint density at radius 2 is 1.97 bits per heavy atom. The van der Waals surface area contributed by atoms with Gasteiger partial charge in [0.1, 0.15) is 5.00 Å². The second-order valence-electron chi connectivity index (χ2n) is 8.24. The summed E-state index contributed by atoms with van der Waals surface area (Å²) in [5.41, 5.74) is 1.52. The number of carbonyl (C=O) groups is 2. The summed E-state index contributed by atoms with van der Waals surface area (Å²) in [6, 6.07) is 4.85. The molecule has 1 N–H and O–H groups in total. The van der Waals surface area contributed by atoms with E-state index in [0.29, 0.717) is 39.8 Å². The molecule has 1 aliphatic carbocycles. The molecule has 2 amide bonds. The fourth-order valence-corrected chi connectivity index (χ4v) is 6.49. The number of nitrogens with zero attached hydrogens (tertiary/aromatic N) is 1. The molecule has 7 nitrogen and oxygen atoms in total. The number of hydrogen-bond donors (Lipinski definition) is 1. The number of fused-ring (bicyclic) bond motifs is 1. The van der Waals surface area contributed by atoms with Gasteiger partial charge in [0.25, 0.3) is 11.8 Å². The predicted molar refractivity (Wildman–Crippen MR) is 127 cm³/mol. The van der Waals surface area contributed by atoms with Crippen LogP contribution in [0, 0.1) is 0 Å². The molecule has 1 aliphatic heterocycles. The highest BCUT2D eigenvalue weighted by atomic mass is 32.2. The smallest absolute Gasteiger partial charge is 0.265 e. The molecule has 2 aliphatic rings. The summed E-state index contributed by atoms with van der Waals surface area (Å²) in [5.74, 6) is 0.621. The number of ether oxygens (including phenoxy) is 2. The number of nitrogens with one attached hydrogen (secondary N) is 1. The Kier molecular flexibility index (Phi) is 6.57. The van der Waals surface area contributed by atoms with Gasteiger partial charge in [-0.2, -0.15) is 0 Å². The molecular formula is C23H28N2O5S2. The van der Waals surface area contributed by atoms with Gasteiger partial charge in [-0.25, -0.2) is 0 Å². The van der Waals surface area contributed by atoms with Gasteiger partial charge in [0.2, 0.25) is 0 Å². The SMILES string of the molecule is CCOc1cc(C(CS(=O)C2CC2)N2C(=O)c3csc(NC(C)C)c3C2=O)ccc1OC. The third kappa shape index (κ3) is 4.28. The van der Waals surface area contributed by atoms with Crippen molar-refractivity contribution in [3.8, 4) is 11.5 Å². The third-order valence-electron chi connectivity index (χ3n) is 5.49. The lowest BCUT2D eigenvalue weighted by molar-refractivity contribution is 0.0598. The van der Waals surface area contributed by atoms with E-state index in [1.165, 1.54) is 16.2 Å². The Morgan fingerprint density at radius 1 is 1.22 bits per heavy atom. The van der Waals surface area contributed by atoms with E-state index in [-0.39, 0.29) is 28.9 Å². The molecule has 1 saturated carbocycles. The number of imide groups is 1. The van der Waals surface area contributed by atoms with E-state index in [1.807, 2.05) is 26.8 Å². The minimum Gasteiger partial charge on any atom is -0.493 e. The highest BCUT2D eigenvalue weighted by Crippen LogP contribution is 2.42. The monoisotopic (exact) mass is 476 g/mol. The third-order valence-corrected chi connectivity index (χ3v) is 8.27. The zero-order valence-electron chi connectivity index (χ0n) is 18.7. The van der Waals surface area contributed by atoms with Crippen LogP contribution in [0.15, 0.2) is 23.6 Å². The summed E-state index contributed by atoms with van der Waals surface area (Å²) in [5, 5.41) is 5.84. The van der Waals surface area contributed by atoms with E-state index in [1.54, 1.807) is 24.6 Å². The largest absolute Gasteiger partial charge is 0.493 e. The molecule has 172 valence electrons. The summed E-state index contributed by atoms with van der Waals surface area (Å²) in [6.45, 7) is 6.29. The summed E-state index contributed by atoms with van der Waals surface area (Å²) in [6.07, 6.45) is 1.84. The molecule has 2 heterocycles. The van der Waals surface area contributed by atoms with Crippen LogP contribution in [0.1, 0.15) is 65.9 Å². The molecule has 0 saturated heterocycles. The fraction of sp³-hybridized carbons (Fsp3) is 0.478. The number of carbonyl (C=O) groups excluding carboxylic acids is 2. The maximum atomic E-state index is 13.5. The number of amides is 2. The molecule has 2 atom stereocenters. The molecule has 9 heteroatoms. The average Bonchev–Trinajstić information content (AvgIpc) is 3.48. The second-order valence-corrected chi connectivity index (χ2v) is 10.9. The average molecular weight is 477 g/mol. The van der Waals surface area contributed by atoms with Crippen molar-refractivity contribution in [2.75, 3.05) is 24.8 Å². The quantitative estimate of drug-likeness (QED) is 0.517. The molecule has 1 aromatic carbocycles. The molecule has 4 rings (SSSR count). The van der Waals surface area contributed by atoms with Crippen molar-refractivity contribution in [3.63, 3.8) is 0 Å². The molecule has 0 spiro atoms. The molecule has 2 aromatic rings. The topological polar surface area (TPSA) is 84.9 Å². The number of rotatable bonds is 10. The van der Waals surface area contributed by atoms with Gasteiger partial charge < -0.3 is 14.8 Å². The van der Waals surface area contributed by atoms with E-state index >= 15 is 0 Å². The van der Waals surface area contributed by atoms with Gasteiger partial charge in [0.05, 0.1) is 30.9 Å². The molecule has 0 radical (unpaired) electrons. The molecule has 1 aromatic heterocycles. The zero-order valence-corrected chi connectivity index (χ0v) is 20.3. The Labute approximate surface area is 194 Å². The van der Waals surface area contributed by atoms with Crippen LogP contribution in [0.2, 0.25) is 0 Å². The lowest BCUT2D eigenvalue weighted by atomic mass is 10.1. The minimum absolute atomic E-state index is 0.128. The van der Waals surface area contributed by atoms with Crippen molar-refractivity contribution in [1.82, 2.24) is 4.90 Å². The molecule has 2 unspecified atom stereocenters. The van der Waals surface area contributed by atoms with Crippen LogP contribution in [0.4, 0.5) is 5.00 Å². The van der Waals surface area contributed by atoms with Crippen LogP contribution in [0.5, 0.6) is 11.5 Å². The van der Waals surface area contributed by atoms with Crippen LogP contribution in [-0.2, 0) is 10.8 Å². The van der Waals surface area contributed by atoms with Gasteiger partial charge in [0.15, 0.2) is 11.5 Å². The van der Waals surface area contributed by atoms with Gasteiger partial charge >= 0.3 is 0 Å². The molecule has 1 fully saturated rings. The maximum Gasteiger partial charge on any atom is 0.265 e. The fourth-order valence-electron chi connectivity index (χ4n) is 3.83. The first-order valence-electron chi connectivity index (χ1n) is 10.8. The second kappa shape index (κ2) is 9.23. The van der Waals surface area contributed by atoms with E-state index in [0.717, 1.165) is 12.8 Å². The molecular weight excluding hydrogens is 448 g/mol. The number of anilines is 1. The van der Waals surface area contributed by atoms with E-state index in [2.05, 4.69) is 5.32 Å². The summed E-state index contributed by atoms with van der Waals surface area (Å²) in [4.78, 5) is 28.1. The number of hydrogen-bond acceptors (Lipinski definition) is 7. The maximum absolute atomic E-state index is 13.5. The Hall–Kier alpha value is -2.39. The van der Waals surface area contributed by atoms with Gasteiger partial charge in [-0.05, 0) is 51.3 Å². The van der Waals surface area contributed by atoms with Gasteiger partial charge in [-0.1, -0.05) is 6.07 Å². The highest BCUT2D eigenvalue weighted by Gasteiger charge is 2.45. The van der Waals surface area contributed by atoms with E-state index in [9.17, 15) is 13.8 Å². The van der Waals surface area contributed by atoms with Gasteiger partial charge in [-0.15, -0.1) is 11.3 Å². The van der Waals surface area contributed by atoms with Crippen molar-refractivity contribution in [3.05, 3.63) is 40.3 Å². The Morgan fingerprint density at radius 3 is 2.59 bits per heavy atom. The lowest BCUT2D eigenvalue weighted by Gasteiger charge is -2.27. The van der Waals surface area contributed by atoms with E-state index < -0.39 is 16.8 Å². The predicted octanol–water partition coefficient (Wildman–Crippen LogP) is 4.22. The first-order valence-corrected chi connectivity index (χ1v) is 13.1. The van der Waals surface area contributed by atoms with Crippen molar-refractivity contribution in [2.24, 2.45) is 0 Å². The van der Waals surface area contributed by atoms with Crippen molar-refractivity contribution < 1.29 is 23.3 Å². The number of benzene rings is 1.